The quantitative estimate of drug-likeness (QED) is 0.769. The molecule has 0 radical (unpaired) electrons. The third-order valence-electron chi connectivity index (χ3n) is 2.18. The summed E-state index contributed by atoms with van der Waals surface area (Å²) < 4.78 is 0. The molecule has 1 aromatic rings. The van der Waals surface area contributed by atoms with Gasteiger partial charge < -0.3 is 10.6 Å². The Labute approximate surface area is 107 Å². The maximum absolute atomic E-state index is 6.05. The molecule has 0 fully saturated rings. The van der Waals surface area contributed by atoms with E-state index in [2.05, 4.69) is 24.5 Å². The van der Waals surface area contributed by atoms with Crippen molar-refractivity contribution in [3.8, 4) is 0 Å². The zero-order valence-electron chi connectivity index (χ0n) is 9.69. The first-order chi connectivity index (χ1) is 7.59. The molecule has 0 heterocycles. The lowest BCUT2D eigenvalue weighted by atomic mass is 10.2. The Morgan fingerprint density at radius 2 is 1.94 bits per heavy atom. The van der Waals surface area contributed by atoms with Gasteiger partial charge in [0.1, 0.15) is 0 Å². The molecule has 0 aliphatic rings. The van der Waals surface area contributed by atoms with Crippen LogP contribution in [0.4, 0.5) is 0 Å². The summed E-state index contributed by atoms with van der Waals surface area (Å²) in [6.45, 7) is 6.89. The van der Waals surface area contributed by atoms with Crippen molar-refractivity contribution < 1.29 is 0 Å². The van der Waals surface area contributed by atoms with Crippen LogP contribution >= 0.6 is 23.2 Å². The Bertz CT molecular complexity index is 327. The largest absolute Gasteiger partial charge is 0.313 e. The van der Waals surface area contributed by atoms with Crippen LogP contribution in [0.5, 0.6) is 0 Å². The van der Waals surface area contributed by atoms with Crippen LogP contribution < -0.4 is 10.6 Å². The van der Waals surface area contributed by atoms with Gasteiger partial charge in [-0.25, -0.2) is 0 Å². The molecule has 16 heavy (non-hydrogen) atoms. The number of hydrogen-bond acceptors (Lipinski definition) is 2. The SMILES string of the molecule is CC(C)NCCNCc1cc(Cl)ccc1Cl. The summed E-state index contributed by atoms with van der Waals surface area (Å²) >= 11 is 11.9. The molecule has 0 saturated carbocycles. The summed E-state index contributed by atoms with van der Waals surface area (Å²) in [5.41, 5.74) is 1.04. The molecule has 0 bridgehead atoms. The van der Waals surface area contributed by atoms with Crippen LogP contribution in [-0.2, 0) is 6.54 Å². The molecule has 4 heteroatoms. The number of halogens is 2. The first-order valence-corrected chi connectivity index (χ1v) is 6.23. The first-order valence-electron chi connectivity index (χ1n) is 5.47. The van der Waals surface area contributed by atoms with Gasteiger partial charge in [-0.15, -0.1) is 0 Å². The minimum atomic E-state index is 0.525. The van der Waals surface area contributed by atoms with E-state index >= 15 is 0 Å². The predicted molar refractivity (Wildman–Crippen MR) is 71.3 cm³/mol. The maximum Gasteiger partial charge on any atom is 0.0451 e. The molecule has 0 aliphatic heterocycles. The lowest BCUT2D eigenvalue weighted by Gasteiger charge is -2.10. The van der Waals surface area contributed by atoms with Crippen molar-refractivity contribution in [2.24, 2.45) is 0 Å². The van der Waals surface area contributed by atoms with Crippen LogP contribution in [0, 0.1) is 0 Å². The van der Waals surface area contributed by atoms with Gasteiger partial charge in [-0.05, 0) is 23.8 Å². The van der Waals surface area contributed by atoms with Gasteiger partial charge in [0.25, 0.3) is 0 Å². The van der Waals surface area contributed by atoms with E-state index in [0.717, 1.165) is 35.2 Å². The molecule has 90 valence electrons. The summed E-state index contributed by atoms with van der Waals surface area (Å²) in [7, 11) is 0. The Balaban J connectivity index is 2.29. The Morgan fingerprint density at radius 3 is 2.62 bits per heavy atom. The molecule has 1 aromatic carbocycles. The molecule has 2 nitrogen and oxygen atoms in total. The van der Waals surface area contributed by atoms with Gasteiger partial charge in [0.15, 0.2) is 0 Å². The Morgan fingerprint density at radius 1 is 1.19 bits per heavy atom. The zero-order valence-corrected chi connectivity index (χ0v) is 11.2. The van der Waals surface area contributed by atoms with Crippen LogP contribution in [-0.4, -0.2) is 19.1 Å². The normalized spacial score (nSPS) is 11.1. The number of hydrogen-bond donors (Lipinski definition) is 2. The van der Waals surface area contributed by atoms with Crippen molar-refractivity contribution in [1.82, 2.24) is 10.6 Å². The fourth-order valence-electron chi connectivity index (χ4n) is 1.35. The molecule has 2 N–H and O–H groups in total. The van der Waals surface area contributed by atoms with Crippen molar-refractivity contribution in [2.45, 2.75) is 26.4 Å². The van der Waals surface area contributed by atoms with Crippen LogP contribution in [0.3, 0.4) is 0 Å². The second-order valence-corrected chi connectivity index (χ2v) is 4.86. The average Bonchev–Trinajstić information content (AvgIpc) is 2.22. The maximum atomic E-state index is 6.05. The summed E-state index contributed by atoms with van der Waals surface area (Å²) in [6, 6.07) is 6.05. The zero-order chi connectivity index (χ0) is 12.0. The van der Waals surface area contributed by atoms with Crippen molar-refractivity contribution in [1.29, 1.82) is 0 Å². The number of nitrogens with one attached hydrogen (secondary N) is 2. The van der Waals surface area contributed by atoms with Gasteiger partial charge in [0.05, 0.1) is 0 Å². The van der Waals surface area contributed by atoms with Crippen LogP contribution in [0.15, 0.2) is 18.2 Å². The minimum absolute atomic E-state index is 0.525. The van der Waals surface area contributed by atoms with Gasteiger partial charge in [-0.1, -0.05) is 37.0 Å². The molecule has 0 amide bonds. The smallest absolute Gasteiger partial charge is 0.0451 e. The molecule has 0 atom stereocenters. The second-order valence-electron chi connectivity index (χ2n) is 4.02. The molecule has 1 rings (SSSR count). The van der Waals surface area contributed by atoms with Gasteiger partial charge in [-0.3, -0.25) is 0 Å². The lowest BCUT2D eigenvalue weighted by Crippen LogP contribution is -2.31. The van der Waals surface area contributed by atoms with Gasteiger partial charge >= 0.3 is 0 Å². The fourth-order valence-corrected chi connectivity index (χ4v) is 1.73. The van der Waals surface area contributed by atoms with E-state index in [0.29, 0.717) is 6.04 Å². The highest BCUT2D eigenvalue weighted by Crippen LogP contribution is 2.20. The van der Waals surface area contributed by atoms with Crippen molar-refractivity contribution >= 4 is 23.2 Å². The summed E-state index contributed by atoms with van der Waals surface area (Å²) in [6.07, 6.45) is 0. The topological polar surface area (TPSA) is 24.1 Å². The Hall–Kier alpha value is -0.280. The summed E-state index contributed by atoms with van der Waals surface area (Å²) in [5.74, 6) is 0. The van der Waals surface area contributed by atoms with Crippen LogP contribution in [0.25, 0.3) is 0 Å². The molecule has 0 saturated heterocycles. The van der Waals surface area contributed by atoms with Gasteiger partial charge in [0.2, 0.25) is 0 Å². The van der Waals surface area contributed by atoms with Crippen LogP contribution in [0.1, 0.15) is 19.4 Å². The first kappa shape index (κ1) is 13.8. The van der Waals surface area contributed by atoms with Crippen molar-refractivity contribution in [3.05, 3.63) is 33.8 Å². The molecular formula is C12H18Cl2N2. The van der Waals surface area contributed by atoms with E-state index < -0.39 is 0 Å². The molecule has 0 spiro atoms. The number of benzene rings is 1. The second kappa shape index (κ2) is 7.13. The van der Waals surface area contributed by atoms with E-state index in [4.69, 9.17) is 23.2 Å². The van der Waals surface area contributed by atoms with Gasteiger partial charge in [0, 0.05) is 35.7 Å². The standard InChI is InChI=1S/C12H18Cl2N2/c1-9(2)16-6-5-15-8-10-7-11(13)3-4-12(10)14/h3-4,7,9,15-16H,5-6,8H2,1-2H3. The summed E-state index contributed by atoms with van der Waals surface area (Å²) in [4.78, 5) is 0. The van der Waals surface area contributed by atoms with E-state index in [1.54, 1.807) is 6.07 Å². The van der Waals surface area contributed by atoms with Crippen LogP contribution in [0.2, 0.25) is 10.0 Å². The van der Waals surface area contributed by atoms with Gasteiger partial charge in [-0.2, -0.15) is 0 Å². The minimum Gasteiger partial charge on any atom is -0.313 e. The highest BCUT2D eigenvalue weighted by Gasteiger charge is 2.00. The number of rotatable bonds is 6. The molecule has 0 aromatic heterocycles. The predicted octanol–water partition coefficient (Wildman–Crippen LogP) is 3.08. The van der Waals surface area contributed by atoms with Crippen molar-refractivity contribution in [3.63, 3.8) is 0 Å². The summed E-state index contributed by atoms with van der Waals surface area (Å²) in [5, 5.41) is 8.14. The van der Waals surface area contributed by atoms with E-state index in [1.807, 2.05) is 12.1 Å². The highest BCUT2D eigenvalue weighted by molar-refractivity contribution is 6.33. The third kappa shape index (κ3) is 5.17. The average molecular weight is 261 g/mol. The monoisotopic (exact) mass is 260 g/mol. The molecule has 0 unspecified atom stereocenters. The third-order valence-corrected chi connectivity index (χ3v) is 2.78. The molecular weight excluding hydrogens is 243 g/mol. The lowest BCUT2D eigenvalue weighted by molar-refractivity contribution is 0.556. The van der Waals surface area contributed by atoms with Crippen molar-refractivity contribution in [2.75, 3.05) is 13.1 Å². The van der Waals surface area contributed by atoms with E-state index in [9.17, 15) is 0 Å². The molecule has 0 aliphatic carbocycles. The Kier molecular flexibility index (Phi) is 6.14. The van der Waals surface area contributed by atoms with E-state index in [-0.39, 0.29) is 0 Å². The fraction of sp³-hybridized carbons (Fsp3) is 0.500. The van der Waals surface area contributed by atoms with E-state index in [1.165, 1.54) is 0 Å². The highest BCUT2D eigenvalue weighted by atomic mass is 35.5.